The van der Waals surface area contributed by atoms with Crippen LogP contribution in [0.4, 0.5) is 5.69 Å². The van der Waals surface area contributed by atoms with Crippen molar-refractivity contribution in [2.75, 3.05) is 11.9 Å². The average Bonchev–Trinajstić information content (AvgIpc) is 2.59. The monoisotopic (exact) mass is 401 g/mol. The Bertz CT molecular complexity index is 964. The van der Waals surface area contributed by atoms with Crippen LogP contribution in [0.1, 0.15) is 42.3 Å². The van der Waals surface area contributed by atoms with E-state index in [1.54, 1.807) is 18.3 Å². The number of halogens is 2. The number of hydrogen-bond acceptors (Lipinski definition) is 3. The Labute approximate surface area is 169 Å². The van der Waals surface area contributed by atoms with E-state index >= 15 is 0 Å². The van der Waals surface area contributed by atoms with E-state index in [-0.39, 0.29) is 16.5 Å². The maximum Gasteiger partial charge on any atom is 0.272 e. The van der Waals surface area contributed by atoms with Crippen molar-refractivity contribution in [2.45, 2.75) is 26.3 Å². The highest BCUT2D eigenvalue weighted by atomic mass is 35.5. The van der Waals surface area contributed by atoms with Crippen molar-refractivity contribution in [2.24, 2.45) is 5.10 Å². The largest absolute Gasteiger partial charge is 0.366 e. The molecule has 0 saturated carbocycles. The summed E-state index contributed by atoms with van der Waals surface area (Å²) in [5, 5.41) is 4.82. The number of anilines is 1. The van der Waals surface area contributed by atoms with Crippen LogP contribution in [-0.4, -0.2) is 24.7 Å². The number of nitrogens with one attached hydrogen (secondary N) is 1. The summed E-state index contributed by atoms with van der Waals surface area (Å²) in [6, 6.07) is 10.8. The van der Waals surface area contributed by atoms with Gasteiger partial charge in [-0.05, 0) is 62.2 Å². The minimum absolute atomic E-state index is 0.0293. The Morgan fingerprint density at radius 2 is 1.93 bits per heavy atom. The quantitative estimate of drug-likeness (QED) is 0.553. The van der Waals surface area contributed by atoms with Crippen molar-refractivity contribution >= 4 is 46.6 Å². The molecule has 1 aliphatic rings. The summed E-state index contributed by atoms with van der Waals surface area (Å²) < 4.78 is 0. The van der Waals surface area contributed by atoms with E-state index in [9.17, 15) is 4.79 Å². The third-order valence-electron chi connectivity index (χ3n) is 4.80. The van der Waals surface area contributed by atoms with Crippen LogP contribution in [0.5, 0.6) is 0 Å². The zero-order valence-corrected chi connectivity index (χ0v) is 17.2. The predicted octanol–water partition coefficient (Wildman–Crippen LogP) is 5.39. The lowest BCUT2D eigenvalue weighted by Crippen LogP contribution is -2.42. The first kappa shape index (κ1) is 19.5. The molecule has 1 amide bonds. The van der Waals surface area contributed by atoms with Gasteiger partial charge in [0.25, 0.3) is 5.91 Å². The number of hydrogen-bond donors (Lipinski definition) is 1. The Balaban J connectivity index is 1.77. The van der Waals surface area contributed by atoms with Crippen LogP contribution in [0.25, 0.3) is 5.57 Å². The molecule has 2 aromatic rings. The lowest BCUT2D eigenvalue weighted by Gasteiger charge is -2.40. The second-order valence-electron chi connectivity index (χ2n) is 7.14. The van der Waals surface area contributed by atoms with Crippen molar-refractivity contribution in [3.8, 4) is 0 Å². The normalized spacial score (nSPS) is 15.5. The number of fused-ring (bicyclic) bond motifs is 1. The molecule has 1 aliphatic heterocycles. The molecule has 3 rings (SSSR count). The zero-order valence-electron chi connectivity index (χ0n) is 15.7. The van der Waals surface area contributed by atoms with Gasteiger partial charge < -0.3 is 4.90 Å². The van der Waals surface area contributed by atoms with Crippen LogP contribution in [0, 0.1) is 0 Å². The number of carbonyl (C=O) groups is 1. The number of likely N-dealkylation sites (N-methyl/N-ethyl adjacent to an activating group) is 1. The number of allylic oxidation sites excluding steroid dienone is 1. The Morgan fingerprint density at radius 1 is 1.19 bits per heavy atom. The molecule has 0 radical (unpaired) electrons. The first-order valence-electron chi connectivity index (χ1n) is 8.55. The number of benzene rings is 2. The van der Waals surface area contributed by atoms with Crippen LogP contribution >= 0.6 is 23.2 Å². The van der Waals surface area contributed by atoms with Crippen LogP contribution in [0.2, 0.25) is 10.0 Å². The molecule has 0 spiro atoms. The van der Waals surface area contributed by atoms with Crippen LogP contribution in [0.3, 0.4) is 0 Å². The molecule has 4 nitrogen and oxygen atoms in total. The molecule has 0 bridgehead atoms. The van der Waals surface area contributed by atoms with Gasteiger partial charge in [-0.2, -0.15) is 5.10 Å². The minimum atomic E-state index is -0.386. The molecule has 1 heterocycles. The molecule has 0 aromatic heterocycles. The summed E-state index contributed by atoms with van der Waals surface area (Å²) in [6.45, 7) is 6.48. The summed E-state index contributed by atoms with van der Waals surface area (Å²) in [7, 11) is 2.09. The summed E-state index contributed by atoms with van der Waals surface area (Å²) in [6.07, 6.45) is 3.87. The van der Waals surface area contributed by atoms with E-state index in [1.165, 1.54) is 17.3 Å². The predicted molar refractivity (Wildman–Crippen MR) is 114 cm³/mol. The fourth-order valence-corrected chi connectivity index (χ4v) is 3.65. The molecule has 0 aliphatic carbocycles. The molecule has 2 aromatic carbocycles. The van der Waals surface area contributed by atoms with Gasteiger partial charge in [-0.3, -0.25) is 4.79 Å². The highest BCUT2D eigenvalue weighted by Crippen LogP contribution is 2.37. The van der Waals surface area contributed by atoms with E-state index in [4.69, 9.17) is 23.2 Å². The highest BCUT2D eigenvalue weighted by Gasteiger charge is 2.28. The molecule has 1 N–H and O–H groups in total. The van der Waals surface area contributed by atoms with Crippen LogP contribution in [-0.2, 0) is 0 Å². The summed E-state index contributed by atoms with van der Waals surface area (Å²) in [5.41, 5.74) is 7.25. The first-order valence-corrected chi connectivity index (χ1v) is 9.31. The Hall–Kier alpha value is -2.30. The van der Waals surface area contributed by atoms with Gasteiger partial charge >= 0.3 is 0 Å². The lowest BCUT2D eigenvalue weighted by molar-refractivity contribution is 0.0955. The van der Waals surface area contributed by atoms with Gasteiger partial charge in [-0.25, -0.2) is 5.43 Å². The van der Waals surface area contributed by atoms with Crippen molar-refractivity contribution < 1.29 is 4.79 Å². The van der Waals surface area contributed by atoms with E-state index in [1.807, 2.05) is 6.07 Å². The van der Waals surface area contributed by atoms with Gasteiger partial charge in [0.1, 0.15) is 0 Å². The number of nitrogens with zero attached hydrogens (tertiary/aromatic N) is 2. The fraction of sp³-hybridized carbons (Fsp3) is 0.238. The van der Waals surface area contributed by atoms with Gasteiger partial charge in [0.15, 0.2) is 0 Å². The van der Waals surface area contributed by atoms with Gasteiger partial charge in [0, 0.05) is 23.3 Å². The molecule has 0 saturated heterocycles. The smallest absolute Gasteiger partial charge is 0.272 e. The highest BCUT2D eigenvalue weighted by molar-refractivity contribution is 6.36. The van der Waals surface area contributed by atoms with Crippen molar-refractivity contribution in [1.29, 1.82) is 0 Å². The average molecular weight is 402 g/mol. The topological polar surface area (TPSA) is 44.7 Å². The Morgan fingerprint density at radius 3 is 2.63 bits per heavy atom. The van der Waals surface area contributed by atoms with Crippen molar-refractivity contribution in [3.63, 3.8) is 0 Å². The maximum absolute atomic E-state index is 12.2. The summed E-state index contributed by atoms with van der Waals surface area (Å²) >= 11 is 11.9. The third kappa shape index (κ3) is 4.02. The second kappa shape index (κ2) is 7.37. The fourth-order valence-electron chi connectivity index (χ4n) is 3.16. The number of amides is 1. The lowest BCUT2D eigenvalue weighted by atomic mass is 9.89. The third-order valence-corrected chi connectivity index (χ3v) is 5.34. The van der Waals surface area contributed by atoms with Gasteiger partial charge in [-0.15, -0.1) is 0 Å². The van der Waals surface area contributed by atoms with Gasteiger partial charge in [0.2, 0.25) is 0 Å². The molecule has 140 valence electrons. The molecular weight excluding hydrogens is 381 g/mol. The number of hydrazone groups is 1. The van der Waals surface area contributed by atoms with Crippen molar-refractivity contribution in [3.05, 3.63) is 69.2 Å². The first-order chi connectivity index (χ1) is 12.7. The molecule has 6 heteroatoms. The molecule has 0 atom stereocenters. The Kier molecular flexibility index (Phi) is 5.31. The van der Waals surface area contributed by atoms with Gasteiger partial charge in [-0.1, -0.05) is 35.3 Å². The van der Waals surface area contributed by atoms with Gasteiger partial charge in [0.05, 0.1) is 22.3 Å². The zero-order chi connectivity index (χ0) is 19.8. The van der Waals surface area contributed by atoms with E-state index in [0.717, 1.165) is 11.1 Å². The molecule has 27 heavy (non-hydrogen) atoms. The van der Waals surface area contributed by atoms with Crippen LogP contribution in [0.15, 0.2) is 47.6 Å². The maximum atomic E-state index is 12.2. The number of carbonyl (C=O) groups excluding carboxylic acids is 1. The van der Waals surface area contributed by atoms with E-state index in [0.29, 0.717) is 10.6 Å². The van der Waals surface area contributed by atoms with Crippen LogP contribution < -0.4 is 10.3 Å². The molecule has 0 unspecified atom stereocenters. The van der Waals surface area contributed by atoms with E-state index < -0.39 is 0 Å². The van der Waals surface area contributed by atoms with E-state index in [2.05, 4.69) is 61.5 Å². The molecule has 0 fully saturated rings. The summed E-state index contributed by atoms with van der Waals surface area (Å²) in [4.78, 5) is 14.4. The number of rotatable bonds is 3. The SMILES string of the molecule is CC1=CC(C)(C)N(C)c2ccc(/C=N/NC(=O)c3ccc(Cl)cc3Cl)cc21. The standard InChI is InChI=1S/C21H21Cl2N3O/c1-13-11-21(2,3)26(4)19-8-5-14(9-17(13)19)12-24-25-20(27)16-7-6-15(22)10-18(16)23/h5-12H,1-4H3,(H,25,27)/b24-12+. The minimum Gasteiger partial charge on any atom is -0.366 e. The summed E-state index contributed by atoms with van der Waals surface area (Å²) in [5.74, 6) is -0.386. The second-order valence-corrected chi connectivity index (χ2v) is 7.98. The van der Waals surface area contributed by atoms with Crippen molar-refractivity contribution in [1.82, 2.24) is 5.43 Å². The molecular formula is C21H21Cl2N3O.